The van der Waals surface area contributed by atoms with E-state index >= 15 is 0 Å². The van der Waals surface area contributed by atoms with Gasteiger partial charge < -0.3 is 10.2 Å². The van der Waals surface area contributed by atoms with Gasteiger partial charge in [-0.05, 0) is 47.4 Å². The topological polar surface area (TPSA) is 35.6 Å². The van der Waals surface area contributed by atoms with Crippen LogP contribution in [0.4, 0.5) is 5.69 Å². The number of carbonyl (C=O) groups excluding carboxylic acids is 1. The molecule has 150 valence electrons. The van der Waals surface area contributed by atoms with Crippen LogP contribution in [0.1, 0.15) is 36.7 Å². The van der Waals surface area contributed by atoms with Crippen LogP contribution in [0.2, 0.25) is 5.02 Å². The number of nitrogens with zero attached hydrogens (tertiary/aromatic N) is 2. The first-order valence-electron chi connectivity index (χ1n) is 9.94. The van der Waals surface area contributed by atoms with E-state index in [9.17, 15) is 4.79 Å². The molecule has 0 bridgehead atoms. The average Bonchev–Trinajstić information content (AvgIpc) is 2.68. The standard InChI is InChI=1S/C23H30ClN3O/c1-23(2,3)19-6-4-18(5-7-19)22(28)25-12-13-26-14-16-27(17-15-26)21-10-8-20(24)9-11-21/h4-11H,12-17H2,1-3H3,(H,25,28). The predicted octanol–water partition coefficient (Wildman–Crippen LogP) is 4.19. The van der Waals surface area contributed by atoms with Gasteiger partial charge in [0.05, 0.1) is 0 Å². The first-order chi connectivity index (χ1) is 13.3. The second kappa shape index (κ2) is 8.97. The second-order valence-electron chi connectivity index (χ2n) is 8.39. The molecule has 1 fully saturated rings. The first-order valence-corrected chi connectivity index (χ1v) is 10.3. The number of halogens is 1. The van der Waals surface area contributed by atoms with E-state index in [0.717, 1.165) is 43.3 Å². The summed E-state index contributed by atoms with van der Waals surface area (Å²) < 4.78 is 0. The number of piperazine rings is 1. The molecule has 0 saturated carbocycles. The van der Waals surface area contributed by atoms with Gasteiger partial charge >= 0.3 is 0 Å². The zero-order valence-electron chi connectivity index (χ0n) is 17.0. The summed E-state index contributed by atoms with van der Waals surface area (Å²) in [4.78, 5) is 17.1. The summed E-state index contributed by atoms with van der Waals surface area (Å²) in [6.45, 7) is 12.0. The van der Waals surface area contributed by atoms with Crippen LogP contribution in [0, 0.1) is 0 Å². The van der Waals surface area contributed by atoms with Gasteiger partial charge in [0.25, 0.3) is 5.91 Å². The van der Waals surface area contributed by atoms with Crippen molar-refractivity contribution in [2.45, 2.75) is 26.2 Å². The van der Waals surface area contributed by atoms with E-state index in [-0.39, 0.29) is 11.3 Å². The molecule has 0 aromatic heterocycles. The van der Waals surface area contributed by atoms with E-state index in [1.807, 2.05) is 36.4 Å². The molecule has 0 spiro atoms. The van der Waals surface area contributed by atoms with Crippen molar-refractivity contribution in [1.29, 1.82) is 0 Å². The van der Waals surface area contributed by atoms with Crippen molar-refractivity contribution in [2.75, 3.05) is 44.2 Å². The van der Waals surface area contributed by atoms with Gasteiger partial charge in [0.15, 0.2) is 0 Å². The van der Waals surface area contributed by atoms with Crippen LogP contribution in [0.3, 0.4) is 0 Å². The Labute approximate surface area is 173 Å². The van der Waals surface area contributed by atoms with Crippen LogP contribution in [-0.2, 0) is 5.41 Å². The number of amides is 1. The molecule has 1 amide bonds. The summed E-state index contributed by atoms with van der Waals surface area (Å²) in [7, 11) is 0. The maximum Gasteiger partial charge on any atom is 0.251 e. The highest BCUT2D eigenvalue weighted by Crippen LogP contribution is 2.22. The molecule has 1 N–H and O–H groups in total. The lowest BCUT2D eigenvalue weighted by Gasteiger charge is -2.36. The van der Waals surface area contributed by atoms with Crippen LogP contribution in [-0.4, -0.2) is 50.1 Å². The second-order valence-corrected chi connectivity index (χ2v) is 8.82. The maximum absolute atomic E-state index is 12.4. The quantitative estimate of drug-likeness (QED) is 0.818. The van der Waals surface area contributed by atoms with Crippen LogP contribution in [0.5, 0.6) is 0 Å². The molecule has 1 saturated heterocycles. The Balaban J connectivity index is 1.41. The van der Waals surface area contributed by atoms with Gasteiger partial charge in [-0.2, -0.15) is 0 Å². The number of carbonyl (C=O) groups is 1. The highest BCUT2D eigenvalue weighted by molar-refractivity contribution is 6.30. The summed E-state index contributed by atoms with van der Waals surface area (Å²) in [5, 5.41) is 3.81. The van der Waals surface area contributed by atoms with Crippen molar-refractivity contribution >= 4 is 23.2 Å². The molecule has 0 radical (unpaired) electrons. The van der Waals surface area contributed by atoms with Crippen molar-refractivity contribution in [2.24, 2.45) is 0 Å². The molecule has 1 aliphatic rings. The Kier molecular flexibility index (Phi) is 6.63. The van der Waals surface area contributed by atoms with E-state index in [0.29, 0.717) is 6.54 Å². The van der Waals surface area contributed by atoms with Gasteiger partial charge in [0, 0.05) is 55.5 Å². The Morgan fingerprint density at radius 1 is 0.964 bits per heavy atom. The summed E-state index contributed by atoms with van der Waals surface area (Å²) >= 11 is 5.97. The number of benzene rings is 2. The Morgan fingerprint density at radius 3 is 2.14 bits per heavy atom. The number of rotatable bonds is 5. The number of hydrogen-bond acceptors (Lipinski definition) is 3. The fourth-order valence-electron chi connectivity index (χ4n) is 3.43. The molecule has 0 unspecified atom stereocenters. The monoisotopic (exact) mass is 399 g/mol. The minimum atomic E-state index is 0.000240. The molecule has 5 heteroatoms. The lowest BCUT2D eigenvalue weighted by atomic mass is 9.87. The smallest absolute Gasteiger partial charge is 0.251 e. The van der Waals surface area contributed by atoms with Gasteiger partial charge in [-0.25, -0.2) is 0 Å². The molecule has 28 heavy (non-hydrogen) atoms. The molecule has 4 nitrogen and oxygen atoms in total. The molecule has 3 rings (SSSR count). The average molecular weight is 400 g/mol. The summed E-state index contributed by atoms with van der Waals surface area (Å²) in [5.41, 5.74) is 3.28. The molecule has 1 heterocycles. The summed E-state index contributed by atoms with van der Waals surface area (Å²) in [6.07, 6.45) is 0. The van der Waals surface area contributed by atoms with Gasteiger partial charge in [-0.15, -0.1) is 0 Å². The van der Waals surface area contributed by atoms with Gasteiger partial charge in [-0.3, -0.25) is 9.69 Å². The Hall–Kier alpha value is -2.04. The van der Waals surface area contributed by atoms with Crippen molar-refractivity contribution in [3.05, 3.63) is 64.7 Å². The zero-order valence-corrected chi connectivity index (χ0v) is 17.8. The minimum Gasteiger partial charge on any atom is -0.369 e. The number of nitrogens with one attached hydrogen (secondary N) is 1. The maximum atomic E-state index is 12.4. The SMILES string of the molecule is CC(C)(C)c1ccc(C(=O)NCCN2CCN(c3ccc(Cl)cc3)CC2)cc1. The minimum absolute atomic E-state index is 0.000240. The largest absolute Gasteiger partial charge is 0.369 e. The Morgan fingerprint density at radius 2 is 1.57 bits per heavy atom. The van der Waals surface area contributed by atoms with Crippen molar-refractivity contribution < 1.29 is 4.79 Å². The number of hydrogen-bond donors (Lipinski definition) is 1. The molecule has 0 aliphatic carbocycles. The van der Waals surface area contributed by atoms with E-state index in [2.05, 4.69) is 48.0 Å². The Bertz CT molecular complexity index is 773. The lowest BCUT2D eigenvalue weighted by Crippen LogP contribution is -2.48. The van der Waals surface area contributed by atoms with Crippen molar-refractivity contribution in [3.8, 4) is 0 Å². The fraction of sp³-hybridized carbons (Fsp3) is 0.435. The van der Waals surface area contributed by atoms with E-state index in [4.69, 9.17) is 11.6 Å². The van der Waals surface area contributed by atoms with Gasteiger partial charge in [-0.1, -0.05) is 44.5 Å². The third-order valence-electron chi connectivity index (χ3n) is 5.29. The molecule has 1 aliphatic heterocycles. The number of anilines is 1. The summed E-state index contributed by atoms with van der Waals surface area (Å²) in [6, 6.07) is 15.9. The first kappa shape index (κ1) is 20.7. The van der Waals surface area contributed by atoms with Crippen LogP contribution in [0.15, 0.2) is 48.5 Å². The van der Waals surface area contributed by atoms with E-state index < -0.39 is 0 Å². The van der Waals surface area contributed by atoms with Gasteiger partial charge in [0.1, 0.15) is 0 Å². The van der Waals surface area contributed by atoms with E-state index in [1.54, 1.807) is 0 Å². The molecule has 2 aromatic carbocycles. The summed E-state index contributed by atoms with van der Waals surface area (Å²) in [5.74, 6) is 0.000240. The van der Waals surface area contributed by atoms with Crippen molar-refractivity contribution in [3.63, 3.8) is 0 Å². The van der Waals surface area contributed by atoms with Gasteiger partial charge in [0.2, 0.25) is 0 Å². The third kappa shape index (κ3) is 5.49. The van der Waals surface area contributed by atoms with E-state index in [1.165, 1.54) is 11.3 Å². The van der Waals surface area contributed by atoms with Crippen LogP contribution in [0.25, 0.3) is 0 Å². The third-order valence-corrected chi connectivity index (χ3v) is 5.54. The highest BCUT2D eigenvalue weighted by atomic mass is 35.5. The normalized spacial score (nSPS) is 15.5. The fourth-order valence-corrected chi connectivity index (χ4v) is 3.56. The highest BCUT2D eigenvalue weighted by Gasteiger charge is 2.17. The molecule has 0 atom stereocenters. The lowest BCUT2D eigenvalue weighted by molar-refractivity contribution is 0.0947. The molecular weight excluding hydrogens is 370 g/mol. The molecule has 2 aromatic rings. The van der Waals surface area contributed by atoms with Crippen molar-refractivity contribution in [1.82, 2.24) is 10.2 Å². The van der Waals surface area contributed by atoms with Crippen LogP contribution >= 0.6 is 11.6 Å². The van der Waals surface area contributed by atoms with Crippen LogP contribution < -0.4 is 10.2 Å². The predicted molar refractivity (Wildman–Crippen MR) is 118 cm³/mol. The zero-order chi connectivity index (χ0) is 20.1. The molecular formula is C23H30ClN3O.